The summed E-state index contributed by atoms with van der Waals surface area (Å²) in [6.07, 6.45) is 3.45. The van der Waals surface area contributed by atoms with Gasteiger partial charge in [0.05, 0.1) is 24.5 Å². The summed E-state index contributed by atoms with van der Waals surface area (Å²) in [6.45, 7) is 1.15. The third-order valence-electron chi connectivity index (χ3n) is 4.53. The quantitative estimate of drug-likeness (QED) is 0.563. The normalized spacial score (nSPS) is 10.8. The predicted octanol–water partition coefficient (Wildman–Crippen LogP) is 3.42. The number of nitrogens with one attached hydrogen (secondary N) is 1. The average molecular weight is 372 g/mol. The Bertz CT molecular complexity index is 1120. The van der Waals surface area contributed by atoms with Gasteiger partial charge in [0.15, 0.2) is 0 Å². The van der Waals surface area contributed by atoms with Crippen LogP contribution in [0.2, 0.25) is 0 Å². The van der Waals surface area contributed by atoms with Crippen LogP contribution in [0.5, 0.6) is 5.88 Å². The van der Waals surface area contributed by atoms with Crippen LogP contribution < -0.4 is 10.1 Å². The van der Waals surface area contributed by atoms with Gasteiger partial charge >= 0.3 is 0 Å². The van der Waals surface area contributed by atoms with E-state index in [1.165, 1.54) is 7.11 Å². The highest BCUT2D eigenvalue weighted by Gasteiger charge is 2.12. The molecule has 1 amide bonds. The van der Waals surface area contributed by atoms with Gasteiger partial charge in [-0.3, -0.25) is 4.79 Å². The number of imidazole rings is 1. The standard InChI is InChI=1S/C22H20N4O2/c1-28-22-18(8-5-11-23-22)21(27)24-13-16-6-4-7-17(12-16)14-26-15-25-19-9-2-3-10-20(19)26/h2-12,15H,13-14H2,1H3,(H,24,27). The van der Waals surface area contributed by atoms with Crippen molar-refractivity contribution in [2.45, 2.75) is 13.1 Å². The fourth-order valence-electron chi connectivity index (χ4n) is 3.17. The Labute approximate surface area is 162 Å². The SMILES string of the molecule is COc1ncccc1C(=O)NCc1cccc(Cn2cnc3ccccc32)c1. The number of hydrogen-bond donors (Lipinski definition) is 1. The first-order chi connectivity index (χ1) is 13.7. The number of carbonyl (C=O) groups excluding carboxylic acids is 1. The minimum Gasteiger partial charge on any atom is -0.480 e. The minimum absolute atomic E-state index is 0.212. The maximum absolute atomic E-state index is 12.4. The van der Waals surface area contributed by atoms with Gasteiger partial charge in [0.2, 0.25) is 5.88 Å². The molecule has 0 aliphatic rings. The van der Waals surface area contributed by atoms with Crippen molar-refractivity contribution in [3.63, 3.8) is 0 Å². The molecule has 0 atom stereocenters. The van der Waals surface area contributed by atoms with Crippen LogP contribution in [0.3, 0.4) is 0 Å². The topological polar surface area (TPSA) is 69.0 Å². The molecule has 0 aliphatic heterocycles. The van der Waals surface area contributed by atoms with E-state index >= 15 is 0 Å². The number of pyridine rings is 1. The van der Waals surface area contributed by atoms with Gasteiger partial charge in [-0.05, 0) is 35.4 Å². The number of para-hydroxylation sites is 2. The monoisotopic (exact) mass is 372 g/mol. The lowest BCUT2D eigenvalue weighted by Gasteiger charge is -2.10. The zero-order valence-corrected chi connectivity index (χ0v) is 15.5. The number of ether oxygens (including phenoxy) is 1. The van der Waals surface area contributed by atoms with Crippen LogP contribution >= 0.6 is 0 Å². The Hall–Kier alpha value is -3.67. The first-order valence-corrected chi connectivity index (χ1v) is 8.99. The van der Waals surface area contributed by atoms with Crippen molar-refractivity contribution < 1.29 is 9.53 Å². The Kier molecular flexibility index (Phi) is 5.01. The molecule has 140 valence electrons. The molecule has 2 heterocycles. The predicted molar refractivity (Wildman–Crippen MR) is 107 cm³/mol. The zero-order chi connectivity index (χ0) is 19.3. The number of amides is 1. The van der Waals surface area contributed by atoms with Gasteiger partial charge in [0.25, 0.3) is 5.91 Å². The smallest absolute Gasteiger partial charge is 0.257 e. The van der Waals surface area contributed by atoms with Gasteiger partial charge < -0.3 is 14.6 Å². The van der Waals surface area contributed by atoms with E-state index in [9.17, 15) is 4.79 Å². The van der Waals surface area contributed by atoms with Crippen LogP contribution in [0.1, 0.15) is 21.5 Å². The van der Waals surface area contributed by atoms with Gasteiger partial charge in [-0.25, -0.2) is 9.97 Å². The summed E-state index contributed by atoms with van der Waals surface area (Å²) in [5.74, 6) is 0.108. The summed E-state index contributed by atoms with van der Waals surface area (Å²) in [4.78, 5) is 20.9. The lowest BCUT2D eigenvalue weighted by Crippen LogP contribution is -2.23. The van der Waals surface area contributed by atoms with Crippen molar-refractivity contribution in [3.8, 4) is 5.88 Å². The molecule has 0 radical (unpaired) electrons. The van der Waals surface area contributed by atoms with E-state index in [-0.39, 0.29) is 5.91 Å². The van der Waals surface area contributed by atoms with Crippen LogP contribution in [0.25, 0.3) is 11.0 Å². The van der Waals surface area contributed by atoms with Gasteiger partial charge in [-0.1, -0.05) is 36.4 Å². The highest BCUT2D eigenvalue weighted by Crippen LogP contribution is 2.16. The second-order valence-electron chi connectivity index (χ2n) is 6.42. The largest absolute Gasteiger partial charge is 0.480 e. The number of carbonyl (C=O) groups is 1. The molecular weight excluding hydrogens is 352 g/mol. The number of nitrogens with zero attached hydrogens (tertiary/aromatic N) is 3. The molecule has 6 nitrogen and oxygen atoms in total. The maximum atomic E-state index is 12.4. The first kappa shape index (κ1) is 17.7. The molecule has 2 aromatic carbocycles. The van der Waals surface area contributed by atoms with Crippen molar-refractivity contribution in [2.75, 3.05) is 7.11 Å². The van der Waals surface area contributed by atoms with E-state index in [0.717, 1.165) is 28.7 Å². The lowest BCUT2D eigenvalue weighted by atomic mass is 10.1. The summed E-state index contributed by atoms with van der Waals surface area (Å²) >= 11 is 0. The van der Waals surface area contributed by atoms with Gasteiger partial charge in [0, 0.05) is 19.3 Å². The third-order valence-corrected chi connectivity index (χ3v) is 4.53. The minimum atomic E-state index is -0.212. The molecule has 0 saturated heterocycles. The van der Waals surface area contributed by atoms with Crippen molar-refractivity contribution in [1.82, 2.24) is 19.9 Å². The molecule has 6 heteroatoms. The number of methoxy groups -OCH3 is 1. The summed E-state index contributed by atoms with van der Waals surface area (Å²) in [7, 11) is 1.50. The average Bonchev–Trinajstić information content (AvgIpc) is 3.15. The van der Waals surface area contributed by atoms with E-state index in [1.807, 2.05) is 36.7 Å². The molecule has 0 fully saturated rings. The highest BCUT2D eigenvalue weighted by atomic mass is 16.5. The van der Waals surface area contributed by atoms with Crippen molar-refractivity contribution in [1.29, 1.82) is 0 Å². The second-order valence-corrected chi connectivity index (χ2v) is 6.42. The molecule has 0 bridgehead atoms. The van der Waals surface area contributed by atoms with Crippen LogP contribution in [0, 0.1) is 0 Å². The summed E-state index contributed by atoms with van der Waals surface area (Å²) < 4.78 is 7.27. The molecule has 2 aromatic heterocycles. The molecule has 0 unspecified atom stereocenters. The molecular formula is C22H20N4O2. The zero-order valence-electron chi connectivity index (χ0n) is 15.5. The van der Waals surface area contributed by atoms with Crippen molar-refractivity contribution in [2.24, 2.45) is 0 Å². The number of hydrogen-bond acceptors (Lipinski definition) is 4. The Morgan fingerprint density at radius 1 is 1.04 bits per heavy atom. The molecule has 4 aromatic rings. The van der Waals surface area contributed by atoms with Crippen LogP contribution in [-0.4, -0.2) is 27.6 Å². The van der Waals surface area contributed by atoms with Gasteiger partial charge in [-0.2, -0.15) is 0 Å². The molecule has 0 saturated carbocycles. The van der Waals surface area contributed by atoms with Gasteiger partial charge in [0.1, 0.15) is 5.56 Å². The number of aromatic nitrogens is 3. The summed E-state index contributed by atoms with van der Waals surface area (Å²) in [5.41, 5.74) is 4.68. The molecule has 0 aliphatic carbocycles. The number of benzene rings is 2. The second kappa shape index (κ2) is 7.92. The van der Waals surface area contributed by atoms with E-state index < -0.39 is 0 Å². The Balaban J connectivity index is 1.46. The molecule has 1 N–H and O–H groups in total. The van der Waals surface area contributed by atoms with Crippen LogP contribution in [0.4, 0.5) is 0 Å². The van der Waals surface area contributed by atoms with Crippen LogP contribution in [-0.2, 0) is 13.1 Å². The summed E-state index contributed by atoms with van der Waals surface area (Å²) in [6, 6.07) is 19.6. The Morgan fingerprint density at radius 2 is 1.89 bits per heavy atom. The molecule has 0 spiro atoms. The Morgan fingerprint density at radius 3 is 2.79 bits per heavy atom. The molecule has 28 heavy (non-hydrogen) atoms. The fraction of sp³-hybridized carbons (Fsp3) is 0.136. The first-order valence-electron chi connectivity index (χ1n) is 8.99. The number of rotatable bonds is 6. The van der Waals surface area contributed by atoms with Crippen LogP contribution in [0.15, 0.2) is 73.2 Å². The molecule has 4 rings (SSSR count). The van der Waals surface area contributed by atoms with E-state index in [0.29, 0.717) is 18.0 Å². The summed E-state index contributed by atoms with van der Waals surface area (Å²) in [5, 5.41) is 2.93. The van der Waals surface area contributed by atoms with Crippen molar-refractivity contribution >= 4 is 16.9 Å². The fourth-order valence-corrected chi connectivity index (χ4v) is 3.17. The third kappa shape index (κ3) is 3.71. The lowest BCUT2D eigenvalue weighted by molar-refractivity contribution is 0.0947. The highest BCUT2D eigenvalue weighted by molar-refractivity contribution is 5.96. The van der Waals surface area contributed by atoms with Crippen molar-refractivity contribution in [3.05, 3.63) is 89.9 Å². The van der Waals surface area contributed by atoms with E-state index in [1.54, 1.807) is 18.3 Å². The van der Waals surface area contributed by atoms with E-state index in [4.69, 9.17) is 4.74 Å². The van der Waals surface area contributed by atoms with Gasteiger partial charge in [-0.15, -0.1) is 0 Å². The van der Waals surface area contributed by atoms with E-state index in [2.05, 4.69) is 38.1 Å². The number of fused-ring (bicyclic) bond motifs is 1. The maximum Gasteiger partial charge on any atom is 0.257 e.